The van der Waals surface area contributed by atoms with Crippen molar-refractivity contribution in [1.82, 2.24) is 9.47 Å². The van der Waals surface area contributed by atoms with Crippen LogP contribution in [0.25, 0.3) is 5.69 Å². The van der Waals surface area contributed by atoms with Gasteiger partial charge in [-0.2, -0.15) is 0 Å². The molecule has 22 heavy (non-hydrogen) atoms. The molecule has 2 heterocycles. The molecule has 0 saturated heterocycles. The second-order valence-electron chi connectivity index (χ2n) is 5.46. The van der Waals surface area contributed by atoms with Gasteiger partial charge in [-0.05, 0) is 31.0 Å². The zero-order valence-electron chi connectivity index (χ0n) is 12.3. The molecule has 0 fully saturated rings. The van der Waals surface area contributed by atoms with Crippen LogP contribution in [0, 0.1) is 0 Å². The molecular formula is C17H19ClN2O2. The molecule has 116 valence electrons. The Bertz CT molecular complexity index is 654. The van der Waals surface area contributed by atoms with E-state index in [1.165, 1.54) is 0 Å². The van der Waals surface area contributed by atoms with E-state index in [4.69, 9.17) is 11.6 Å². The standard InChI is InChI=1S/C17H19ClN2O2/c18-9-4-10-19-11-8-15(21)16-14(17(19)22)7-12-20(16)13-5-2-1-3-6-13/h1-3,5-7,12,15,21H,4,8-11H2. The predicted molar refractivity (Wildman–Crippen MR) is 86.6 cm³/mol. The summed E-state index contributed by atoms with van der Waals surface area (Å²) >= 11 is 5.73. The van der Waals surface area contributed by atoms with Crippen LogP contribution in [0.1, 0.15) is 35.0 Å². The number of carbonyl (C=O) groups excluding carboxylic acids is 1. The highest BCUT2D eigenvalue weighted by atomic mass is 35.5. The van der Waals surface area contributed by atoms with Crippen molar-refractivity contribution >= 4 is 17.5 Å². The first-order valence-corrected chi connectivity index (χ1v) is 8.06. The molecular weight excluding hydrogens is 300 g/mol. The molecule has 0 radical (unpaired) electrons. The number of hydrogen-bond acceptors (Lipinski definition) is 2. The highest BCUT2D eigenvalue weighted by Crippen LogP contribution is 2.30. The molecule has 2 aromatic rings. The maximum Gasteiger partial charge on any atom is 0.255 e. The molecule has 1 aromatic heterocycles. The van der Waals surface area contributed by atoms with Crippen molar-refractivity contribution in [1.29, 1.82) is 0 Å². The number of hydrogen-bond donors (Lipinski definition) is 1. The summed E-state index contributed by atoms with van der Waals surface area (Å²) in [5.74, 6) is 0.510. The SMILES string of the molecule is O=C1c2ccn(-c3ccccc3)c2C(O)CCN1CCCCl. The summed E-state index contributed by atoms with van der Waals surface area (Å²) in [6, 6.07) is 11.6. The molecule has 5 heteroatoms. The van der Waals surface area contributed by atoms with Crippen LogP contribution >= 0.6 is 11.6 Å². The number of amides is 1. The minimum Gasteiger partial charge on any atom is -0.387 e. The fraction of sp³-hybridized carbons (Fsp3) is 0.353. The van der Waals surface area contributed by atoms with Crippen molar-refractivity contribution in [3.05, 3.63) is 53.9 Å². The summed E-state index contributed by atoms with van der Waals surface area (Å²) < 4.78 is 1.91. The van der Waals surface area contributed by atoms with Crippen LogP contribution in [-0.4, -0.2) is 39.5 Å². The molecule has 1 aliphatic rings. The van der Waals surface area contributed by atoms with Gasteiger partial charge in [0, 0.05) is 30.9 Å². The Balaban J connectivity index is 1.99. The van der Waals surface area contributed by atoms with E-state index in [1.54, 1.807) is 11.0 Å². The number of fused-ring (bicyclic) bond motifs is 1. The molecule has 1 atom stereocenters. The first-order chi connectivity index (χ1) is 10.7. The van der Waals surface area contributed by atoms with Crippen LogP contribution in [0.3, 0.4) is 0 Å². The highest BCUT2D eigenvalue weighted by Gasteiger charge is 2.29. The third-order valence-corrected chi connectivity index (χ3v) is 4.29. The van der Waals surface area contributed by atoms with Crippen molar-refractivity contribution < 1.29 is 9.90 Å². The number of halogens is 1. The largest absolute Gasteiger partial charge is 0.387 e. The molecule has 1 amide bonds. The molecule has 1 aliphatic heterocycles. The van der Waals surface area contributed by atoms with Gasteiger partial charge in [0.05, 0.1) is 17.4 Å². The van der Waals surface area contributed by atoms with Gasteiger partial charge in [-0.3, -0.25) is 4.79 Å². The smallest absolute Gasteiger partial charge is 0.255 e. The number of benzene rings is 1. The number of para-hydroxylation sites is 1. The molecule has 1 N–H and O–H groups in total. The molecule has 4 nitrogen and oxygen atoms in total. The van der Waals surface area contributed by atoms with Crippen LogP contribution in [0.4, 0.5) is 0 Å². The first kappa shape index (κ1) is 15.1. The van der Waals surface area contributed by atoms with Gasteiger partial charge in [0.2, 0.25) is 0 Å². The second-order valence-corrected chi connectivity index (χ2v) is 5.84. The summed E-state index contributed by atoms with van der Waals surface area (Å²) in [7, 11) is 0. The number of rotatable bonds is 4. The number of aliphatic hydroxyl groups excluding tert-OH is 1. The van der Waals surface area contributed by atoms with Gasteiger partial charge in [-0.1, -0.05) is 18.2 Å². The molecule has 1 unspecified atom stereocenters. The Hall–Kier alpha value is -1.78. The summed E-state index contributed by atoms with van der Waals surface area (Å²) in [6.07, 6.45) is 2.51. The molecule has 0 spiro atoms. The average molecular weight is 319 g/mol. The summed E-state index contributed by atoms with van der Waals surface area (Å²) in [5.41, 5.74) is 2.22. The van der Waals surface area contributed by atoms with Crippen molar-refractivity contribution in [3.8, 4) is 5.69 Å². The highest BCUT2D eigenvalue weighted by molar-refractivity contribution is 6.17. The second kappa shape index (κ2) is 6.55. The van der Waals surface area contributed by atoms with Gasteiger partial charge in [-0.25, -0.2) is 0 Å². The van der Waals surface area contributed by atoms with Crippen molar-refractivity contribution in [3.63, 3.8) is 0 Å². The van der Waals surface area contributed by atoms with E-state index in [1.807, 2.05) is 41.1 Å². The minimum atomic E-state index is -0.643. The number of carbonyl (C=O) groups is 1. The quantitative estimate of drug-likeness (QED) is 0.881. The molecule has 0 bridgehead atoms. The lowest BCUT2D eigenvalue weighted by atomic mass is 10.1. The van der Waals surface area contributed by atoms with Gasteiger partial charge in [-0.15, -0.1) is 11.6 Å². The van der Waals surface area contributed by atoms with E-state index in [-0.39, 0.29) is 5.91 Å². The first-order valence-electron chi connectivity index (χ1n) is 7.52. The Kier molecular flexibility index (Phi) is 4.50. The monoisotopic (exact) mass is 318 g/mol. The maximum atomic E-state index is 12.7. The predicted octanol–water partition coefficient (Wildman–Crippen LogP) is 2.99. The zero-order valence-corrected chi connectivity index (χ0v) is 13.0. The number of nitrogens with zero attached hydrogens (tertiary/aromatic N) is 2. The topological polar surface area (TPSA) is 45.5 Å². The number of aliphatic hydroxyl groups is 1. The number of aromatic nitrogens is 1. The zero-order chi connectivity index (χ0) is 15.5. The van der Waals surface area contributed by atoms with Crippen LogP contribution in [0.5, 0.6) is 0 Å². The van der Waals surface area contributed by atoms with Gasteiger partial charge in [0.1, 0.15) is 0 Å². The van der Waals surface area contributed by atoms with Gasteiger partial charge in [0.15, 0.2) is 0 Å². The van der Waals surface area contributed by atoms with E-state index in [2.05, 4.69) is 0 Å². The van der Waals surface area contributed by atoms with E-state index >= 15 is 0 Å². The lowest BCUT2D eigenvalue weighted by molar-refractivity contribution is 0.0747. The van der Waals surface area contributed by atoms with Crippen molar-refractivity contribution in [2.45, 2.75) is 18.9 Å². The van der Waals surface area contributed by atoms with Crippen LogP contribution < -0.4 is 0 Å². The molecule has 1 aromatic carbocycles. The van der Waals surface area contributed by atoms with Crippen LogP contribution in [0.15, 0.2) is 42.6 Å². The molecule has 0 saturated carbocycles. The maximum absolute atomic E-state index is 12.7. The van der Waals surface area contributed by atoms with Gasteiger partial charge in [0.25, 0.3) is 5.91 Å². The van der Waals surface area contributed by atoms with E-state index < -0.39 is 6.10 Å². The molecule has 3 rings (SSSR count). The van der Waals surface area contributed by atoms with Crippen LogP contribution in [0.2, 0.25) is 0 Å². The normalized spacial score (nSPS) is 18.2. The Labute approximate surface area is 134 Å². The summed E-state index contributed by atoms with van der Waals surface area (Å²) in [6.45, 7) is 1.19. The third-order valence-electron chi connectivity index (χ3n) is 4.03. The van der Waals surface area contributed by atoms with Crippen molar-refractivity contribution in [2.75, 3.05) is 19.0 Å². The van der Waals surface area contributed by atoms with E-state index in [0.29, 0.717) is 36.6 Å². The van der Waals surface area contributed by atoms with Gasteiger partial charge < -0.3 is 14.6 Å². The van der Waals surface area contributed by atoms with E-state index in [9.17, 15) is 9.90 Å². The molecule has 0 aliphatic carbocycles. The summed E-state index contributed by atoms with van der Waals surface area (Å²) in [5, 5.41) is 10.5. The lowest BCUT2D eigenvalue weighted by Crippen LogP contribution is -2.32. The lowest BCUT2D eigenvalue weighted by Gasteiger charge is -2.19. The van der Waals surface area contributed by atoms with E-state index in [0.717, 1.165) is 12.1 Å². The average Bonchev–Trinajstić information content (AvgIpc) is 2.95. The summed E-state index contributed by atoms with van der Waals surface area (Å²) in [4.78, 5) is 14.5. The Morgan fingerprint density at radius 1 is 1.23 bits per heavy atom. The third kappa shape index (κ3) is 2.76. The Morgan fingerprint density at radius 3 is 2.73 bits per heavy atom. The van der Waals surface area contributed by atoms with Crippen LogP contribution in [-0.2, 0) is 0 Å². The fourth-order valence-electron chi connectivity index (χ4n) is 2.93. The minimum absolute atomic E-state index is 0.0219. The number of alkyl halides is 1. The van der Waals surface area contributed by atoms with Crippen molar-refractivity contribution in [2.24, 2.45) is 0 Å². The van der Waals surface area contributed by atoms with Gasteiger partial charge >= 0.3 is 0 Å². The fourth-order valence-corrected chi connectivity index (χ4v) is 3.05. The Morgan fingerprint density at radius 2 is 2.00 bits per heavy atom.